The molecule has 1 aliphatic rings. The van der Waals surface area contributed by atoms with Crippen molar-refractivity contribution in [2.75, 3.05) is 32.0 Å². The number of nitrogens with zero attached hydrogens (tertiary/aromatic N) is 1. The Labute approximate surface area is 118 Å². The van der Waals surface area contributed by atoms with Crippen molar-refractivity contribution >= 4 is 5.69 Å². The molecule has 2 nitrogen and oxygen atoms in total. The number of nitrogens with one attached hydrogen (secondary N) is 1. The van der Waals surface area contributed by atoms with Gasteiger partial charge in [-0.3, -0.25) is 0 Å². The Balaban J connectivity index is 1.86. The first-order chi connectivity index (χ1) is 8.95. The maximum atomic E-state index is 3.59. The van der Waals surface area contributed by atoms with Crippen LogP contribution in [0.2, 0.25) is 0 Å². The lowest BCUT2D eigenvalue weighted by atomic mass is 9.87. The van der Waals surface area contributed by atoms with Crippen LogP contribution in [0.1, 0.15) is 39.2 Å². The minimum Gasteiger partial charge on any atom is -0.385 e. The van der Waals surface area contributed by atoms with E-state index in [0.29, 0.717) is 0 Å². The molecule has 0 amide bonds. The number of piperidine rings is 1. The van der Waals surface area contributed by atoms with Crippen LogP contribution in [0, 0.1) is 5.92 Å². The van der Waals surface area contributed by atoms with Crippen LogP contribution in [0.25, 0.3) is 0 Å². The molecule has 1 aromatic carbocycles. The average molecular weight is 260 g/mol. The normalized spacial score (nSPS) is 21.4. The molecule has 0 aliphatic carbocycles. The molecule has 1 unspecified atom stereocenters. The van der Waals surface area contributed by atoms with Crippen LogP contribution in [0.15, 0.2) is 24.3 Å². The minimum absolute atomic E-state index is 0.241. The Morgan fingerprint density at radius 2 is 1.89 bits per heavy atom. The van der Waals surface area contributed by atoms with Gasteiger partial charge in [-0.2, -0.15) is 0 Å². The van der Waals surface area contributed by atoms with Crippen molar-refractivity contribution in [2.45, 2.75) is 39.0 Å². The van der Waals surface area contributed by atoms with Gasteiger partial charge in [0.2, 0.25) is 0 Å². The molecule has 1 saturated heterocycles. The van der Waals surface area contributed by atoms with Crippen LogP contribution >= 0.6 is 0 Å². The molecule has 19 heavy (non-hydrogen) atoms. The molecule has 0 saturated carbocycles. The Kier molecular flexibility index (Phi) is 4.51. The van der Waals surface area contributed by atoms with E-state index >= 15 is 0 Å². The van der Waals surface area contributed by atoms with Gasteiger partial charge in [-0.1, -0.05) is 32.9 Å². The summed E-state index contributed by atoms with van der Waals surface area (Å²) in [6.45, 7) is 10.4. The Hall–Kier alpha value is -1.02. The van der Waals surface area contributed by atoms with Gasteiger partial charge in [-0.15, -0.1) is 0 Å². The summed E-state index contributed by atoms with van der Waals surface area (Å²) in [6, 6.07) is 8.92. The summed E-state index contributed by atoms with van der Waals surface area (Å²) in [5.41, 5.74) is 2.89. The number of hydrogen-bond acceptors (Lipinski definition) is 2. The van der Waals surface area contributed by atoms with Gasteiger partial charge in [0.1, 0.15) is 0 Å². The van der Waals surface area contributed by atoms with E-state index < -0.39 is 0 Å². The fraction of sp³-hybridized carbons (Fsp3) is 0.647. The maximum absolute atomic E-state index is 3.59. The molecule has 1 fully saturated rings. The Morgan fingerprint density at radius 1 is 1.21 bits per heavy atom. The third-order valence-corrected chi connectivity index (χ3v) is 4.07. The van der Waals surface area contributed by atoms with Gasteiger partial charge in [-0.05, 0) is 55.5 Å². The van der Waals surface area contributed by atoms with Crippen LogP contribution in [-0.4, -0.2) is 31.6 Å². The highest BCUT2D eigenvalue weighted by atomic mass is 15.1. The second-order valence-electron chi connectivity index (χ2n) is 6.98. The van der Waals surface area contributed by atoms with E-state index in [-0.39, 0.29) is 5.41 Å². The molecule has 0 bridgehead atoms. The van der Waals surface area contributed by atoms with Crippen LogP contribution in [0.5, 0.6) is 0 Å². The number of likely N-dealkylation sites (tertiary alicyclic amines) is 1. The highest BCUT2D eigenvalue weighted by Gasteiger charge is 2.17. The second-order valence-corrected chi connectivity index (χ2v) is 6.98. The summed E-state index contributed by atoms with van der Waals surface area (Å²) in [4.78, 5) is 2.44. The predicted octanol–water partition coefficient (Wildman–Crippen LogP) is 3.74. The van der Waals surface area contributed by atoms with Crippen molar-refractivity contribution in [3.8, 4) is 0 Å². The smallest absolute Gasteiger partial charge is 0.0340 e. The van der Waals surface area contributed by atoms with Crippen LogP contribution in [0.4, 0.5) is 5.69 Å². The van der Waals surface area contributed by atoms with E-state index in [2.05, 4.69) is 62.3 Å². The Bertz CT molecular complexity index is 389. The summed E-state index contributed by atoms with van der Waals surface area (Å²) in [5, 5.41) is 3.59. The molecule has 1 heterocycles. The van der Waals surface area contributed by atoms with E-state index in [1.165, 1.54) is 37.2 Å². The molecule has 0 aromatic heterocycles. The monoisotopic (exact) mass is 260 g/mol. The number of hydrogen-bond donors (Lipinski definition) is 1. The average Bonchev–Trinajstić information content (AvgIpc) is 2.36. The molecular weight excluding hydrogens is 232 g/mol. The van der Waals surface area contributed by atoms with Crippen molar-refractivity contribution in [3.63, 3.8) is 0 Å². The fourth-order valence-corrected chi connectivity index (χ4v) is 2.79. The number of benzene rings is 1. The Morgan fingerprint density at radius 3 is 2.47 bits per heavy atom. The third-order valence-electron chi connectivity index (χ3n) is 4.07. The van der Waals surface area contributed by atoms with Crippen molar-refractivity contribution in [3.05, 3.63) is 29.8 Å². The predicted molar refractivity (Wildman–Crippen MR) is 83.9 cm³/mol. The van der Waals surface area contributed by atoms with Gasteiger partial charge in [0, 0.05) is 18.8 Å². The van der Waals surface area contributed by atoms with Crippen molar-refractivity contribution in [1.82, 2.24) is 4.90 Å². The third kappa shape index (κ3) is 4.24. The second kappa shape index (κ2) is 5.96. The first-order valence-corrected chi connectivity index (χ1v) is 7.48. The molecule has 0 spiro atoms. The lowest BCUT2D eigenvalue weighted by Gasteiger charge is -2.30. The summed E-state index contributed by atoms with van der Waals surface area (Å²) in [7, 11) is 2.23. The molecule has 1 aliphatic heterocycles. The molecule has 1 aromatic rings. The van der Waals surface area contributed by atoms with Gasteiger partial charge in [0.25, 0.3) is 0 Å². The summed E-state index contributed by atoms with van der Waals surface area (Å²) in [6.07, 6.45) is 2.70. The molecule has 2 rings (SSSR count). The topological polar surface area (TPSA) is 15.3 Å². The minimum atomic E-state index is 0.241. The molecular formula is C17H28N2. The highest BCUT2D eigenvalue weighted by Crippen LogP contribution is 2.24. The summed E-state index contributed by atoms with van der Waals surface area (Å²) < 4.78 is 0. The maximum Gasteiger partial charge on any atom is 0.0340 e. The van der Waals surface area contributed by atoms with E-state index in [1.54, 1.807) is 0 Å². The van der Waals surface area contributed by atoms with Crippen molar-refractivity contribution in [1.29, 1.82) is 0 Å². The highest BCUT2D eigenvalue weighted by molar-refractivity contribution is 5.45. The first-order valence-electron chi connectivity index (χ1n) is 7.48. The van der Waals surface area contributed by atoms with E-state index in [1.807, 2.05) is 0 Å². The van der Waals surface area contributed by atoms with Gasteiger partial charge in [-0.25, -0.2) is 0 Å². The van der Waals surface area contributed by atoms with Gasteiger partial charge >= 0.3 is 0 Å². The van der Waals surface area contributed by atoms with Gasteiger partial charge in [0.15, 0.2) is 0 Å². The van der Waals surface area contributed by atoms with Gasteiger partial charge in [0.05, 0.1) is 0 Å². The molecule has 1 atom stereocenters. The fourth-order valence-electron chi connectivity index (χ4n) is 2.79. The molecule has 1 N–H and O–H groups in total. The number of anilines is 1. The summed E-state index contributed by atoms with van der Waals surface area (Å²) in [5.74, 6) is 0.793. The zero-order valence-electron chi connectivity index (χ0n) is 12.9. The van der Waals surface area contributed by atoms with E-state index in [9.17, 15) is 0 Å². The van der Waals surface area contributed by atoms with Crippen LogP contribution < -0.4 is 5.32 Å². The first kappa shape index (κ1) is 14.4. The zero-order valence-corrected chi connectivity index (χ0v) is 12.9. The van der Waals surface area contributed by atoms with Crippen LogP contribution in [0.3, 0.4) is 0 Å². The molecule has 2 heteroatoms. The SMILES string of the molecule is CN1CCCC(CNc2ccc(C(C)(C)C)cc2)C1. The molecule has 0 radical (unpaired) electrons. The summed E-state index contributed by atoms with van der Waals surface area (Å²) >= 11 is 0. The largest absolute Gasteiger partial charge is 0.385 e. The van der Waals surface area contributed by atoms with Crippen molar-refractivity contribution < 1.29 is 0 Å². The van der Waals surface area contributed by atoms with Crippen molar-refractivity contribution in [2.24, 2.45) is 5.92 Å². The van der Waals surface area contributed by atoms with E-state index in [0.717, 1.165) is 12.5 Å². The van der Waals surface area contributed by atoms with Crippen LogP contribution in [-0.2, 0) is 5.41 Å². The zero-order chi connectivity index (χ0) is 13.9. The van der Waals surface area contributed by atoms with E-state index in [4.69, 9.17) is 0 Å². The quantitative estimate of drug-likeness (QED) is 0.890. The van der Waals surface area contributed by atoms with Gasteiger partial charge < -0.3 is 10.2 Å². The molecule has 106 valence electrons. The lowest BCUT2D eigenvalue weighted by molar-refractivity contribution is 0.217. The lowest BCUT2D eigenvalue weighted by Crippen LogP contribution is -2.35. The standard InChI is InChI=1S/C17H28N2/c1-17(2,3)15-7-9-16(10-8-15)18-12-14-6-5-11-19(4)13-14/h7-10,14,18H,5-6,11-13H2,1-4H3. The number of rotatable bonds is 3.